The lowest BCUT2D eigenvalue weighted by Gasteiger charge is -2.51. The molecule has 3 atom stereocenters. The minimum atomic E-state index is -3.61. The predicted octanol–water partition coefficient (Wildman–Crippen LogP) is 1.63. The van der Waals surface area contributed by atoms with E-state index in [0.717, 1.165) is 32.0 Å². The fourth-order valence-electron chi connectivity index (χ4n) is 4.92. The maximum Gasteiger partial charge on any atom is 0.281 e. The van der Waals surface area contributed by atoms with Crippen LogP contribution in [0, 0.1) is 17.6 Å². The smallest absolute Gasteiger partial charge is 0.281 e. The number of hydrogen-bond acceptors (Lipinski definition) is 3. The summed E-state index contributed by atoms with van der Waals surface area (Å²) in [5.41, 5.74) is 0.291. The van der Waals surface area contributed by atoms with E-state index < -0.39 is 21.8 Å². The van der Waals surface area contributed by atoms with Gasteiger partial charge in [-0.15, -0.1) is 0 Å². The first-order valence-corrected chi connectivity index (χ1v) is 10.1. The Morgan fingerprint density at radius 1 is 1.12 bits per heavy atom. The summed E-state index contributed by atoms with van der Waals surface area (Å²) >= 11 is 0. The molecule has 0 aliphatic carbocycles. The van der Waals surface area contributed by atoms with Crippen molar-refractivity contribution in [1.29, 1.82) is 0 Å². The van der Waals surface area contributed by atoms with E-state index in [1.807, 2.05) is 0 Å². The molecule has 4 heterocycles. The molecule has 5 nitrogen and oxygen atoms in total. The summed E-state index contributed by atoms with van der Waals surface area (Å²) in [6.07, 6.45) is 1.91. The molecule has 0 amide bonds. The van der Waals surface area contributed by atoms with Crippen molar-refractivity contribution in [3.05, 3.63) is 35.4 Å². The van der Waals surface area contributed by atoms with Crippen LogP contribution in [0.15, 0.2) is 18.2 Å². The van der Waals surface area contributed by atoms with Gasteiger partial charge in [0, 0.05) is 38.6 Å². The highest BCUT2D eigenvalue weighted by Gasteiger charge is 2.57. The number of nitrogens with zero attached hydrogens (tertiary/aromatic N) is 3. The second-order valence-corrected chi connectivity index (χ2v) is 9.56. The van der Waals surface area contributed by atoms with Gasteiger partial charge in [0.2, 0.25) is 0 Å². The second-order valence-electron chi connectivity index (χ2n) is 7.46. The van der Waals surface area contributed by atoms with Crippen molar-refractivity contribution in [3.8, 4) is 0 Å². The van der Waals surface area contributed by atoms with Crippen LogP contribution in [0.3, 0.4) is 0 Å². The van der Waals surface area contributed by atoms with Crippen molar-refractivity contribution in [2.24, 2.45) is 5.92 Å². The third kappa shape index (κ3) is 2.53. The lowest BCUT2D eigenvalue weighted by atomic mass is 9.75. The molecule has 138 valence electrons. The summed E-state index contributed by atoms with van der Waals surface area (Å²) in [5, 5.41) is 0. The third-order valence-electron chi connectivity index (χ3n) is 6.09. The van der Waals surface area contributed by atoms with Gasteiger partial charge in [-0.05, 0) is 43.5 Å². The number of benzene rings is 1. The lowest BCUT2D eigenvalue weighted by Crippen LogP contribution is -2.61. The SMILES string of the molecule is CN(C)S(=O)(=O)N1C[C@@H](c2cccc(F)c2F)[C@@H]2[C@H]1C1CCN2CC1. The van der Waals surface area contributed by atoms with Gasteiger partial charge in [0.15, 0.2) is 11.6 Å². The Balaban J connectivity index is 1.80. The molecule has 0 aromatic heterocycles. The van der Waals surface area contributed by atoms with E-state index in [-0.39, 0.29) is 30.5 Å². The van der Waals surface area contributed by atoms with Gasteiger partial charge >= 0.3 is 0 Å². The van der Waals surface area contributed by atoms with Crippen LogP contribution in [0.1, 0.15) is 24.3 Å². The monoisotopic (exact) mass is 371 g/mol. The zero-order valence-corrected chi connectivity index (χ0v) is 15.2. The van der Waals surface area contributed by atoms with Gasteiger partial charge in [-0.3, -0.25) is 4.90 Å². The molecule has 2 bridgehead atoms. The lowest BCUT2D eigenvalue weighted by molar-refractivity contribution is 0.0111. The van der Waals surface area contributed by atoms with Crippen molar-refractivity contribution in [1.82, 2.24) is 13.5 Å². The highest BCUT2D eigenvalue weighted by molar-refractivity contribution is 7.86. The summed E-state index contributed by atoms with van der Waals surface area (Å²) in [6, 6.07) is 3.95. The average Bonchev–Trinajstić information content (AvgIpc) is 3.01. The molecule has 0 N–H and O–H groups in total. The minimum absolute atomic E-state index is 0.0847. The van der Waals surface area contributed by atoms with E-state index in [9.17, 15) is 17.2 Å². The predicted molar refractivity (Wildman–Crippen MR) is 90.3 cm³/mol. The van der Waals surface area contributed by atoms with Crippen LogP contribution in [-0.4, -0.2) is 67.7 Å². The number of piperidine rings is 3. The Morgan fingerprint density at radius 3 is 2.44 bits per heavy atom. The zero-order valence-electron chi connectivity index (χ0n) is 14.4. The van der Waals surface area contributed by atoms with Gasteiger partial charge in [-0.1, -0.05) is 12.1 Å². The molecule has 25 heavy (non-hydrogen) atoms. The first-order valence-electron chi connectivity index (χ1n) is 8.69. The van der Waals surface area contributed by atoms with E-state index in [1.54, 1.807) is 6.07 Å². The molecule has 0 spiro atoms. The Labute approximate surface area is 147 Å². The van der Waals surface area contributed by atoms with Crippen molar-refractivity contribution in [3.63, 3.8) is 0 Å². The number of halogens is 2. The highest BCUT2D eigenvalue weighted by Crippen LogP contribution is 2.48. The quantitative estimate of drug-likeness (QED) is 0.811. The fourth-order valence-corrected chi connectivity index (χ4v) is 6.30. The summed E-state index contributed by atoms with van der Waals surface area (Å²) in [6.45, 7) is 1.99. The molecule has 1 aromatic rings. The first-order chi connectivity index (χ1) is 11.8. The molecule has 0 saturated carbocycles. The molecular formula is C17H23F2N3O2S. The number of rotatable bonds is 3. The van der Waals surface area contributed by atoms with Crippen LogP contribution < -0.4 is 0 Å². The van der Waals surface area contributed by atoms with Gasteiger partial charge < -0.3 is 0 Å². The van der Waals surface area contributed by atoms with Crippen LogP contribution in [0.25, 0.3) is 0 Å². The molecular weight excluding hydrogens is 348 g/mol. The summed E-state index contributed by atoms with van der Waals surface area (Å²) < 4.78 is 56.7. The molecule has 4 aliphatic heterocycles. The van der Waals surface area contributed by atoms with Crippen molar-refractivity contribution >= 4 is 10.2 Å². The Hall–Kier alpha value is -1.09. The molecule has 0 unspecified atom stereocenters. The highest BCUT2D eigenvalue weighted by atomic mass is 32.2. The van der Waals surface area contributed by atoms with Gasteiger partial charge in [0.1, 0.15) is 0 Å². The van der Waals surface area contributed by atoms with E-state index in [2.05, 4.69) is 4.90 Å². The topological polar surface area (TPSA) is 43.9 Å². The molecule has 5 rings (SSSR count). The van der Waals surface area contributed by atoms with Gasteiger partial charge in [0.05, 0.1) is 0 Å². The van der Waals surface area contributed by atoms with E-state index >= 15 is 0 Å². The Morgan fingerprint density at radius 2 is 1.80 bits per heavy atom. The van der Waals surface area contributed by atoms with Crippen molar-refractivity contribution < 1.29 is 17.2 Å². The summed E-state index contributed by atoms with van der Waals surface area (Å²) in [4.78, 5) is 2.27. The standard InChI is InChI=1S/C17H23F2N3O2S/c1-20(2)25(23,24)22-10-13(12-4-3-5-14(18)15(12)19)17-16(22)11-6-8-21(17)9-7-11/h3-5,11,13,16-17H,6-10H2,1-2H3/t13-,16+,17+/m0/s1. The van der Waals surface area contributed by atoms with Crippen LogP contribution >= 0.6 is 0 Å². The molecule has 4 saturated heterocycles. The van der Waals surface area contributed by atoms with Crippen molar-refractivity contribution in [2.75, 3.05) is 33.7 Å². The van der Waals surface area contributed by atoms with Crippen LogP contribution in [0.2, 0.25) is 0 Å². The third-order valence-corrected chi connectivity index (χ3v) is 8.00. The molecule has 0 radical (unpaired) electrons. The van der Waals surface area contributed by atoms with E-state index in [0.29, 0.717) is 5.56 Å². The Bertz CT molecular complexity index is 778. The zero-order chi connectivity index (χ0) is 17.9. The largest absolute Gasteiger partial charge is 0.298 e. The van der Waals surface area contributed by atoms with Gasteiger partial charge in [-0.2, -0.15) is 17.0 Å². The number of hydrogen-bond donors (Lipinski definition) is 0. The minimum Gasteiger partial charge on any atom is -0.298 e. The molecule has 8 heteroatoms. The van der Waals surface area contributed by atoms with Gasteiger partial charge in [-0.25, -0.2) is 8.78 Å². The van der Waals surface area contributed by atoms with E-state index in [1.165, 1.54) is 28.8 Å². The first kappa shape index (κ1) is 17.3. The maximum atomic E-state index is 14.5. The number of fused-ring (bicyclic) bond motifs is 2. The normalized spacial score (nSPS) is 35.3. The van der Waals surface area contributed by atoms with Crippen LogP contribution in [0.5, 0.6) is 0 Å². The summed E-state index contributed by atoms with van der Waals surface area (Å²) in [5.74, 6) is -1.79. The molecule has 1 aromatic carbocycles. The van der Waals surface area contributed by atoms with Crippen LogP contribution in [-0.2, 0) is 10.2 Å². The summed E-state index contributed by atoms with van der Waals surface area (Å²) in [7, 11) is -0.578. The average molecular weight is 371 g/mol. The Kier molecular flexibility index (Phi) is 4.14. The fraction of sp³-hybridized carbons (Fsp3) is 0.647. The van der Waals surface area contributed by atoms with E-state index in [4.69, 9.17) is 0 Å². The van der Waals surface area contributed by atoms with Crippen LogP contribution in [0.4, 0.5) is 8.78 Å². The molecule has 4 fully saturated rings. The maximum absolute atomic E-state index is 14.5. The van der Waals surface area contributed by atoms with Gasteiger partial charge in [0.25, 0.3) is 10.2 Å². The second kappa shape index (κ2) is 5.97. The molecule has 4 aliphatic rings. The van der Waals surface area contributed by atoms with Crippen molar-refractivity contribution in [2.45, 2.75) is 30.8 Å².